The van der Waals surface area contributed by atoms with Gasteiger partial charge in [0, 0.05) is 5.69 Å². The number of hydrogen-bond donors (Lipinski definition) is 4. The quantitative estimate of drug-likeness (QED) is 0.509. The molecule has 7 nitrogen and oxygen atoms in total. The van der Waals surface area contributed by atoms with Gasteiger partial charge in [0.2, 0.25) is 0 Å². The van der Waals surface area contributed by atoms with Gasteiger partial charge in [0.15, 0.2) is 0 Å². The summed E-state index contributed by atoms with van der Waals surface area (Å²) in [7, 11) is 0. The molecule has 3 amide bonds. The van der Waals surface area contributed by atoms with Gasteiger partial charge in [-0.3, -0.25) is 4.79 Å². The van der Waals surface area contributed by atoms with Crippen molar-refractivity contribution in [2.45, 2.75) is 58.9 Å². The molecule has 170 valence electrons. The fourth-order valence-corrected chi connectivity index (χ4v) is 4.31. The smallest absolute Gasteiger partial charge is 0.326 e. The number of carbonyl (C=O) groups is 3. The van der Waals surface area contributed by atoms with Crippen LogP contribution in [0, 0.1) is 26.7 Å². The van der Waals surface area contributed by atoms with Crippen molar-refractivity contribution in [3.05, 3.63) is 58.7 Å². The number of benzene rings is 2. The van der Waals surface area contributed by atoms with E-state index < -0.39 is 23.9 Å². The zero-order chi connectivity index (χ0) is 23.3. The van der Waals surface area contributed by atoms with E-state index in [9.17, 15) is 19.5 Å². The van der Waals surface area contributed by atoms with Gasteiger partial charge in [-0.1, -0.05) is 43.5 Å². The van der Waals surface area contributed by atoms with Crippen LogP contribution in [0.25, 0.3) is 0 Å². The molecule has 0 aromatic heterocycles. The number of aliphatic carboxylic acids is 1. The maximum Gasteiger partial charge on any atom is 0.326 e. The van der Waals surface area contributed by atoms with Crippen LogP contribution in [0.3, 0.4) is 0 Å². The van der Waals surface area contributed by atoms with Crippen LogP contribution in [0.4, 0.5) is 16.2 Å². The van der Waals surface area contributed by atoms with Crippen molar-refractivity contribution in [1.82, 2.24) is 5.32 Å². The summed E-state index contributed by atoms with van der Waals surface area (Å²) in [5.74, 6) is -1.62. The molecule has 2 aromatic carbocycles. The van der Waals surface area contributed by atoms with Gasteiger partial charge in [-0.15, -0.1) is 0 Å². The first-order valence-electron chi connectivity index (χ1n) is 11.0. The molecule has 0 unspecified atom stereocenters. The van der Waals surface area contributed by atoms with Gasteiger partial charge < -0.3 is 21.1 Å². The summed E-state index contributed by atoms with van der Waals surface area (Å²) in [5.41, 5.74) is 4.00. The second-order valence-corrected chi connectivity index (χ2v) is 8.58. The number of anilines is 2. The molecule has 1 fully saturated rings. The van der Waals surface area contributed by atoms with Crippen molar-refractivity contribution in [3.8, 4) is 0 Å². The lowest BCUT2D eigenvalue weighted by atomic mass is 9.83. The fraction of sp³-hybridized carbons (Fsp3) is 0.400. The molecule has 1 saturated carbocycles. The van der Waals surface area contributed by atoms with Crippen molar-refractivity contribution in [2.75, 3.05) is 10.6 Å². The topological polar surface area (TPSA) is 108 Å². The summed E-state index contributed by atoms with van der Waals surface area (Å²) in [6.45, 7) is 5.68. The van der Waals surface area contributed by atoms with Crippen LogP contribution in [0.15, 0.2) is 36.4 Å². The number of carboxylic acids is 1. The monoisotopic (exact) mass is 437 g/mol. The molecule has 1 aliphatic rings. The van der Waals surface area contributed by atoms with E-state index in [0.717, 1.165) is 48.8 Å². The van der Waals surface area contributed by atoms with Gasteiger partial charge in [-0.05, 0) is 68.4 Å². The minimum atomic E-state index is -1.03. The Bertz CT molecular complexity index is 992. The van der Waals surface area contributed by atoms with E-state index in [4.69, 9.17) is 0 Å². The van der Waals surface area contributed by atoms with Gasteiger partial charge in [0.25, 0.3) is 5.91 Å². The highest BCUT2D eigenvalue weighted by atomic mass is 16.4. The Morgan fingerprint density at radius 3 is 2.22 bits per heavy atom. The second kappa shape index (κ2) is 10.3. The summed E-state index contributed by atoms with van der Waals surface area (Å²) in [4.78, 5) is 37.6. The predicted octanol–water partition coefficient (Wildman–Crippen LogP) is 5.02. The summed E-state index contributed by atoms with van der Waals surface area (Å²) in [5, 5.41) is 18.0. The lowest BCUT2D eigenvalue weighted by Crippen LogP contribution is -2.46. The van der Waals surface area contributed by atoms with Gasteiger partial charge in [0.1, 0.15) is 6.04 Å². The average molecular weight is 438 g/mol. The number of hydrogen-bond acceptors (Lipinski definition) is 3. The van der Waals surface area contributed by atoms with Crippen LogP contribution in [0.2, 0.25) is 0 Å². The molecular weight excluding hydrogens is 406 g/mol. The van der Waals surface area contributed by atoms with E-state index in [-0.39, 0.29) is 11.5 Å². The van der Waals surface area contributed by atoms with Crippen molar-refractivity contribution < 1.29 is 19.5 Å². The zero-order valence-corrected chi connectivity index (χ0v) is 18.8. The Labute approximate surface area is 188 Å². The number of carboxylic acid groups (broad SMARTS) is 1. The average Bonchev–Trinajstić information content (AvgIpc) is 2.75. The van der Waals surface area contributed by atoms with Crippen LogP contribution in [0.1, 0.15) is 59.2 Å². The summed E-state index contributed by atoms with van der Waals surface area (Å²) in [6, 6.07) is 9.40. The second-order valence-electron chi connectivity index (χ2n) is 8.58. The molecule has 0 saturated heterocycles. The highest BCUT2D eigenvalue weighted by Crippen LogP contribution is 2.27. The molecular formula is C25H31N3O4. The highest BCUT2D eigenvalue weighted by molar-refractivity contribution is 6.07. The van der Waals surface area contributed by atoms with E-state index in [1.165, 1.54) is 0 Å². The number of rotatable bonds is 6. The molecule has 0 radical (unpaired) electrons. The van der Waals surface area contributed by atoms with Crippen LogP contribution < -0.4 is 16.0 Å². The minimum absolute atomic E-state index is 0.0839. The molecule has 2 aromatic rings. The molecule has 1 atom stereocenters. The zero-order valence-electron chi connectivity index (χ0n) is 18.8. The molecule has 32 heavy (non-hydrogen) atoms. The van der Waals surface area contributed by atoms with Gasteiger partial charge in [0.05, 0.1) is 11.3 Å². The molecule has 3 rings (SSSR count). The van der Waals surface area contributed by atoms with Gasteiger partial charge in [-0.25, -0.2) is 9.59 Å². The standard InChI is InChI=1S/C25H31N3O4/c1-15-12-13-19(23(29)27-22(24(30)31)18-10-5-4-6-11-18)20(14-15)26-25(32)28-21-16(2)8-7-9-17(21)3/h7-9,12-14,18,22H,4-6,10-11H2,1-3H3,(H,27,29)(H,30,31)(H2,26,28,32)/t22-/m0/s1. The first-order valence-corrected chi connectivity index (χ1v) is 11.0. The third-order valence-corrected chi connectivity index (χ3v) is 6.06. The summed E-state index contributed by atoms with van der Waals surface area (Å²) >= 11 is 0. The molecule has 7 heteroatoms. The molecule has 1 aliphatic carbocycles. The Hall–Kier alpha value is -3.35. The third-order valence-electron chi connectivity index (χ3n) is 6.06. The number of carbonyl (C=O) groups excluding carboxylic acids is 2. The Kier molecular flexibility index (Phi) is 7.51. The van der Waals surface area contributed by atoms with E-state index >= 15 is 0 Å². The Balaban J connectivity index is 1.78. The van der Waals surface area contributed by atoms with Gasteiger partial charge in [-0.2, -0.15) is 0 Å². The molecule has 0 heterocycles. The maximum absolute atomic E-state index is 13.0. The van der Waals surface area contributed by atoms with Crippen LogP contribution in [-0.4, -0.2) is 29.1 Å². The number of para-hydroxylation sites is 1. The Morgan fingerprint density at radius 1 is 0.938 bits per heavy atom. The van der Waals surface area contributed by atoms with E-state index in [1.807, 2.05) is 39.0 Å². The lowest BCUT2D eigenvalue weighted by molar-refractivity contribution is -0.141. The molecule has 0 spiro atoms. The van der Waals surface area contributed by atoms with Crippen LogP contribution in [-0.2, 0) is 4.79 Å². The van der Waals surface area contributed by atoms with Crippen molar-refractivity contribution in [2.24, 2.45) is 5.92 Å². The summed E-state index contributed by atoms with van der Waals surface area (Å²) in [6.07, 6.45) is 4.61. The Morgan fingerprint density at radius 2 is 1.59 bits per heavy atom. The first-order chi connectivity index (χ1) is 15.3. The van der Waals surface area contributed by atoms with E-state index in [2.05, 4.69) is 16.0 Å². The van der Waals surface area contributed by atoms with E-state index in [0.29, 0.717) is 11.4 Å². The normalized spacial score (nSPS) is 15.0. The third kappa shape index (κ3) is 5.66. The fourth-order valence-electron chi connectivity index (χ4n) is 4.31. The number of aryl methyl sites for hydroxylation is 3. The van der Waals surface area contributed by atoms with Crippen LogP contribution >= 0.6 is 0 Å². The number of urea groups is 1. The van der Waals surface area contributed by atoms with Crippen molar-refractivity contribution >= 4 is 29.3 Å². The molecule has 0 bridgehead atoms. The van der Waals surface area contributed by atoms with Crippen LogP contribution in [0.5, 0.6) is 0 Å². The number of nitrogens with one attached hydrogen (secondary N) is 3. The minimum Gasteiger partial charge on any atom is -0.480 e. The number of amides is 3. The maximum atomic E-state index is 13.0. The van der Waals surface area contributed by atoms with Gasteiger partial charge >= 0.3 is 12.0 Å². The van der Waals surface area contributed by atoms with E-state index in [1.54, 1.807) is 18.2 Å². The lowest BCUT2D eigenvalue weighted by Gasteiger charge is -2.28. The molecule has 0 aliphatic heterocycles. The summed E-state index contributed by atoms with van der Waals surface area (Å²) < 4.78 is 0. The van der Waals surface area contributed by atoms with Crippen molar-refractivity contribution in [1.29, 1.82) is 0 Å². The van der Waals surface area contributed by atoms with Crippen molar-refractivity contribution in [3.63, 3.8) is 0 Å². The largest absolute Gasteiger partial charge is 0.480 e. The SMILES string of the molecule is Cc1ccc(C(=O)N[C@H](C(=O)O)C2CCCCC2)c(NC(=O)Nc2c(C)cccc2C)c1. The predicted molar refractivity (Wildman–Crippen MR) is 125 cm³/mol. The molecule has 4 N–H and O–H groups in total. The first kappa shape index (κ1) is 23.3. The highest BCUT2D eigenvalue weighted by Gasteiger charge is 2.31.